The summed E-state index contributed by atoms with van der Waals surface area (Å²) in [5.41, 5.74) is -1.93. The molecule has 0 amide bonds. The maximum absolute atomic E-state index is 12.8. The lowest BCUT2D eigenvalue weighted by Crippen LogP contribution is -2.23. The van der Waals surface area contributed by atoms with E-state index in [-0.39, 0.29) is 6.07 Å². The Balaban J connectivity index is 3.24. The maximum atomic E-state index is 12.8. The topological polar surface area (TPSA) is 40.5 Å². The summed E-state index contributed by atoms with van der Waals surface area (Å²) in [6.07, 6.45) is -8.18. The Morgan fingerprint density at radius 2 is 1.82 bits per heavy atom. The Bertz CT molecular complexity index is 394. The number of aliphatic hydroxyl groups excluding tert-OH is 2. The minimum Gasteiger partial charge on any atom is -0.389 e. The first-order valence-corrected chi connectivity index (χ1v) is 5.09. The van der Waals surface area contributed by atoms with E-state index in [0.717, 1.165) is 12.1 Å². The van der Waals surface area contributed by atoms with Crippen molar-refractivity contribution in [2.75, 3.05) is 5.88 Å². The van der Waals surface area contributed by atoms with Crippen LogP contribution in [0.1, 0.15) is 17.2 Å². The van der Waals surface area contributed by atoms with Crippen LogP contribution >= 0.6 is 11.6 Å². The molecular formula is C10H9ClF4O2. The van der Waals surface area contributed by atoms with Crippen LogP contribution in [0.5, 0.6) is 0 Å². The highest BCUT2D eigenvalue weighted by atomic mass is 35.5. The molecule has 96 valence electrons. The van der Waals surface area contributed by atoms with Gasteiger partial charge in [-0.25, -0.2) is 4.39 Å². The summed E-state index contributed by atoms with van der Waals surface area (Å²) in [6, 6.07) is 1.81. The predicted octanol–water partition coefficient (Wildman–Crippen LogP) is 2.48. The van der Waals surface area contributed by atoms with Gasteiger partial charge < -0.3 is 10.2 Å². The van der Waals surface area contributed by atoms with Crippen molar-refractivity contribution in [3.63, 3.8) is 0 Å². The van der Waals surface area contributed by atoms with Gasteiger partial charge in [-0.1, -0.05) is 6.07 Å². The van der Waals surface area contributed by atoms with E-state index in [1.807, 2.05) is 0 Å². The van der Waals surface area contributed by atoms with Crippen LogP contribution in [0.4, 0.5) is 17.6 Å². The standard InChI is InChI=1S/C10H9ClF4O2/c11-4-8(16)9(17)6-2-1-5(12)3-7(6)10(13,14)15/h1-3,8-9,16-17H,4H2. The molecule has 0 aliphatic heterocycles. The van der Waals surface area contributed by atoms with Gasteiger partial charge in [-0.05, 0) is 17.7 Å². The maximum Gasteiger partial charge on any atom is 0.416 e. The molecule has 1 rings (SSSR count). The van der Waals surface area contributed by atoms with Crippen LogP contribution in [0.15, 0.2) is 18.2 Å². The highest BCUT2D eigenvalue weighted by Gasteiger charge is 2.36. The number of alkyl halides is 4. The molecule has 2 unspecified atom stereocenters. The first kappa shape index (κ1) is 14.2. The van der Waals surface area contributed by atoms with E-state index in [0.29, 0.717) is 0 Å². The van der Waals surface area contributed by atoms with Gasteiger partial charge in [-0.15, -0.1) is 11.6 Å². The second-order valence-corrected chi connectivity index (χ2v) is 3.70. The van der Waals surface area contributed by atoms with Crippen LogP contribution in [-0.2, 0) is 6.18 Å². The van der Waals surface area contributed by atoms with Crippen molar-refractivity contribution in [2.45, 2.75) is 18.4 Å². The highest BCUT2D eigenvalue weighted by Crippen LogP contribution is 2.36. The van der Waals surface area contributed by atoms with E-state index in [1.54, 1.807) is 0 Å². The summed E-state index contributed by atoms with van der Waals surface area (Å²) in [7, 11) is 0. The van der Waals surface area contributed by atoms with E-state index in [4.69, 9.17) is 11.6 Å². The summed E-state index contributed by atoms with van der Waals surface area (Å²) in [5.74, 6) is -1.51. The SMILES string of the molecule is OC(CCl)C(O)c1ccc(F)cc1C(F)(F)F. The van der Waals surface area contributed by atoms with Gasteiger partial charge in [0.05, 0.1) is 17.5 Å². The third kappa shape index (κ3) is 3.31. The lowest BCUT2D eigenvalue weighted by Gasteiger charge is -2.20. The first-order valence-electron chi connectivity index (χ1n) is 4.56. The van der Waals surface area contributed by atoms with Gasteiger partial charge in [0.2, 0.25) is 0 Å². The average Bonchev–Trinajstić information content (AvgIpc) is 2.25. The Labute approximate surface area is 99.4 Å². The third-order valence-electron chi connectivity index (χ3n) is 2.16. The Hall–Kier alpha value is -0.850. The smallest absolute Gasteiger partial charge is 0.389 e. The van der Waals surface area contributed by atoms with Crippen LogP contribution in [-0.4, -0.2) is 22.2 Å². The minimum atomic E-state index is -4.82. The van der Waals surface area contributed by atoms with Gasteiger partial charge in [0, 0.05) is 0 Å². The average molecular weight is 273 g/mol. The van der Waals surface area contributed by atoms with Gasteiger partial charge in [0.15, 0.2) is 0 Å². The van der Waals surface area contributed by atoms with Crippen molar-refractivity contribution in [1.82, 2.24) is 0 Å². The van der Waals surface area contributed by atoms with Crippen molar-refractivity contribution in [3.05, 3.63) is 35.1 Å². The predicted molar refractivity (Wildman–Crippen MR) is 53.1 cm³/mol. The normalized spacial score (nSPS) is 15.7. The van der Waals surface area contributed by atoms with Gasteiger partial charge in [-0.3, -0.25) is 0 Å². The zero-order chi connectivity index (χ0) is 13.2. The molecule has 0 saturated heterocycles. The van der Waals surface area contributed by atoms with E-state index in [2.05, 4.69) is 0 Å². The molecule has 2 nitrogen and oxygen atoms in total. The number of hydrogen-bond donors (Lipinski definition) is 2. The van der Waals surface area contributed by atoms with E-state index < -0.39 is 41.2 Å². The third-order valence-corrected chi connectivity index (χ3v) is 2.48. The van der Waals surface area contributed by atoms with E-state index in [1.165, 1.54) is 0 Å². The van der Waals surface area contributed by atoms with Crippen molar-refractivity contribution in [3.8, 4) is 0 Å². The fraction of sp³-hybridized carbons (Fsp3) is 0.400. The summed E-state index contributed by atoms with van der Waals surface area (Å²) in [5, 5.41) is 18.7. The number of aliphatic hydroxyl groups is 2. The van der Waals surface area contributed by atoms with E-state index in [9.17, 15) is 27.8 Å². The lowest BCUT2D eigenvalue weighted by atomic mass is 9.98. The fourth-order valence-corrected chi connectivity index (χ4v) is 1.49. The quantitative estimate of drug-likeness (QED) is 0.655. The van der Waals surface area contributed by atoms with Crippen molar-refractivity contribution in [1.29, 1.82) is 0 Å². The summed E-state index contributed by atoms with van der Waals surface area (Å²) in [6.45, 7) is 0. The van der Waals surface area contributed by atoms with Crippen LogP contribution in [0, 0.1) is 5.82 Å². The molecule has 0 fully saturated rings. The molecule has 1 aromatic carbocycles. The van der Waals surface area contributed by atoms with Crippen molar-refractivity contribution < 1.29 is 27.8 Å². The largest absolute Gasteiger partial charge is 0.416 e. The van der Waals surface area contributed by atoms with Gasteiger partial charge in [-0.2, -0.15) is 13.2 Å². The molecule has 0 spiro atoms. The lowest BCUT2D eigenvalue weighted by molar-refractivity contribution is -0.140. The van der Waals surface area contributed by atoms with Crippen molar-refractivity contribution >= 4 is 11.6 Å². The van der Waals surface area contributed by atoms with Crippen LogP contribution in [0.2, 0.25) is 0 Å². The Morgan fingerprint density at radius 3 is 2.29 bits per heavy atom. The highest BCUT2D eigenvalue weighted by molar-refractivity contribution is 6.18. The molecule has 7 heteroatoms. The Morgan fingerprint density at radius 1 is 1.24 bits per heavy atom. The molecule has 0 radical (unpaired) electrons. The summed E-state index contributed by atoms with van der Waals surface area (Å²) < 4.78 is 50.4. The molecule has 2 N–H and O–H groups in total. The molecule has 0 aromatic heterocycles. The fourth-order valence-electron chi connectivity index (χ4n) is 1.32. The molecule has 1 aromatic rings. The van der Waals surface area contributed by atoms with E-state index >= 15 is 0 Å². The van der Waals surface area contributed by atoms with Crippen LogP contribution in [0.25, 0.3) is 0 Å². The van der Waals surface area contributed by atoms with Crippen LogP contribution < -0.4 is 0 Å². The first-order chi connectivity index (χ1) is 7.77. The number of hydrogen-bond acceptors (Lipinski definition) is 2. The molecule has 0 bridgehead atoms. The zero-order valence-corrected chi connectivity index (χ0v) is 9.13. The monoisotopic (exact) mass is 272 g/mol. The number of benzene rings is 1. The van der Waals surface area contributed by atoms with Gasteiger partial charge >= 0.3 is 6.18 Å². The molecule has 0 saturated carbocycles. The van der Waals surface area contributed by atoms with Gasteiger partial charge in [0.1, 0.15) is 11.9 Å². The Kier molecular flexibility index (Phi) is 4.35. The molecular weight excluding hydrogens is 264 g/mol. The summed E-state index contributed by atoms with van der Waals surface area (Å²) >= 11 is 5.23. The van der Waals surface area contributed by atoms with Crippen LogP contribution in [0.3, 0.4) is 0 Å². The summed E-state index contributed by atoms with van der Waals surface area (Å²) in [4.78, 5) is 0. The van der Waals surface area contributed by atoms with Crippen molar-refractivity contribution in [2.24, 2.45) is 0 Å². The molecule has 0 heterocycles. The molecule has 17 heavy (non-hydrogen) atoms. The molecule has 0 aliphatic carbocycles. The second-order valence-electron chi connectivity index (χ2n) is 3.40. The molecule has 2 atom stereocenters. The zero-order valence-electron chi connectivity index (χ0n) is 8.38. The molecule has 0 aliphatic rings. The minimum absolute atomic E-state index is 0.263. The number of rotatable bonds is 3. The second kappa shape index (κ2) is 5.20. The van der Waals surface area contributed by atoms with Gasteiger partial charge in [0.25, 0.3) is 0 Å². The number of halogens is 5.